The molecule has 0 aliphatic carbocycles. The van der Waals surface area contributed by atoms with Gasteiger partial charge >= 0.3 is 0 Å². The Bertz CT molecular complexity index is 491. The molecular weight excluding hydrogens is 200 g/mol. The van der Waals surface area contributed by atoms with Crippen LogP contribution >= 0.6 is 0 Å². The lowest BCUT2D eigenvalue weighted by atomic mass is 10.2. The van der Waals surface area contributed by atoms with E-state index in [2.05, 4.69) is 19.9 Å². The van der Waals surface area contributed by atoms with Crippen LogP contribution < -0.4 is 0 Å². The number of hydrogen-bond donors (Lipinski definition) is 0. The van der Waals surface area contributed by atoms with Crippen LogP contribution in [-0.4, -0.2) is 19.9 Å². The second-order valence-corrected chi connectivity index (χ2v) is 3.90. The Kier molecular flexibility index (Phi) is 2.90. The Morgan fingerprint density at radius 3 is 2.31 bits per heavy atom. The van der Waals surface area contributed by atoms with Crippen molar-refractivity contribution in [2.24, 2.45) is 0 Å². The molecule has 0 aromatic carbocycles. The molecule has 2 aromatic heterocycles. The molecule has 0 bridgehead atoms. The molecule has 2 rings (SSSR count). The molecule has 4 heteroatoms. The van der Waals surface area contributed by atoms with E-state index < -0.39 is 0 Å². The molecule has 0 aliphatic rings. The van der Waals surface area contributed by atoms with Gasteiger partial charge in [-0.25, -0.2) is 19.9 Å². The van der Waals surface area contributed by atoms with Crippen molar-refractivity contribution >= 4 is 0 Å². The van der Waals surface area contributed by atoms with Crippen molar-refractivity contribution in [2.75, 3.05) is 0 Å². The highest BCUT2D eigenvalue weighted by Gasteiger charge is 2.04. The van der Waals surface area contributed by atoms with Gasteiger partial charge in [0.15, 0.2) is 0 Å². The largest absolute Gasteiger partial charge is 0.241 e. The van der Waals surface area contributed by atoms with Crippen molar-refractivity contribution in [3.8, 4) is 0 Å². The van der Waals surface area contributed by atoms with Crippen LogP contribution in [-0.2, 0) is 6.42 Å². The van der Waals surface area contributed by atoms with Gasteiger partial charge < -0.3 is 0 Å². The number of nitrogens with zero attached hydrogens (tertiary/aromatic N) is 4. The standard InChI is InChI=1S/C12H14N4/c1-8-5-14-12(15-6-8)4-11-9(2)7-13-10(3)16-11/h5-7H,4H2,1-3H3. The first-order chi connectivity index (χ1) is 7.65. The third-order valence-corrected chi connectivity index (χ3v) is 2.36. The maximum Gasteiger partial charge on any atom is 0.134 e. The molecule has 0 N–H and O–H groups in total. The summed E-state index contributed by atoms with van der Waals surface area (Å²) in [5.41, 5.74) is 3.14. The van der Waals surface area contributed by atoms with Crippen LogP contribution in [0, 0.1) is 20.8 Å². The Morgan fingerprint density at radius 2 is 1.62 bits per heavy atom. The maximum atomic E-state index is 4.40. The molecule has 0 amide bonds. The number of aryl methyl sites for hydroxylation is 3. The van der Waals surface area contributed by atoms with Crippen LogP contribution in [0.2, 0.25) is 0 Å². The minimum Gasteiger partial charge on any atom is -0.241 e. The van der Waals surface area contributed by atoms with E-state index >= 15 is 0 Å². The second kappa shape index (κ2) is 4.35. The van der Waals surface area contributed by atoms with E-state index in [4.69, 9.17) is 0 Å². The zero-order chi connectivity index (χ0) is 11.5. The van der Waals surface area contributed by atoms with E-state index in [0.29, 0.717) is 6.42 Å². The molecule has 2 aromatic rings. The summed E-state index contributed by atoms with van der Waals surface area (Å²) in [6.07, 6.45) is 6.15. The third kappa shape index (κ3) is 2.39. The maximum absolute atomic E-state index is 4.40. The normalized spacial score (nSPS) is 10.4. The molecule has 0 spiro atoms. The van der Waals surface area contributed by atoms with E-state index in [1.165, 1.54) is 0 Å². The molecule has 0 aliphatic heterocycles. The van der Waals surface area contributed by atoms with Gasteiger partial charge in [0.25, 0.3) is 0 Å². The lowest BCUT2D eigenvalue weighted by Gasteiger charge is -2.04. The molecule has 0 unspecified atom stereocenters. The first-order valence-corrected chi connectivity index (χ1v) is 5.22. The van der Waals surface area contributed by atoms with Crippen LogP contribution in [0.5, 0.6) is 0 Å². The van der Waals surface area contributed by atoms with Crippen LogP contribution in [0.25, 0.3) is 0 Å². The van der Waals surface area contributed by atoms with Crippen molar-refractivity contribution in [1.29, 1.82) is 0 Å². The van der Waals surface area contributed by atoms with E-state index in [1.54, 1.807) is 0 Å². The topological polar surface area (TPSA) is 51.6 Å². The molecule has 4 nitrogen and oxygen atoms in total. The van der Waals surface area contributed by atoms with Gasteiger partial charge in [-0.05, 0) is 31.9 Å². The number of aromatic nitrogens is 4. The van der Waals surface area contributed by atoms with Crippen molar-refractivity contribution in [2.45, 2.75) is 27.2 Å². The summed E-state index contributed by atoms with van der Waals surface area (Å²) in [5.74, 6) is 1.58. The third-order valence-electron chi connectivity index (χ3n) is 2.36. The molecule has 0 fully saturated rings. The van der Waals surface area contributed by atoms with E-state index in [1.807, 2.05) is 39.4 Å². The van der Waals surface area contributed by atoms with Crippen LogP contribution in [0.1, 0.15) is 28.5 Å². The first kappa shape index (κ1) is 10.7. The summed E-state index contributed by atoms with van der Waals surface area (Å²) < 4.78 is 0. The van der Waals surface area contributed by atoms with Crippen molar-refractivity contribution in [1.82, 2.24) is 19.9 Å². The smallest absolute Gasteiger partial charge is 0.134 e. The molecule has 82 valence electrons. The molecule has 0 saturated heterocycles. The summed E-state index contributed by atoms with van der Waals surface area (Å²) in [4.78, 5) is 17.1. The summed E-state index contributed by atoms with van der Waals surface area (Å²) in [6.45, 7) is 5.87. The predicted molar refractivity (Wildman–Crippen MR) is 61.1 cm³/mol. The van der Waals surface area contributed by atoms with Gasteiger partial charge in [0, 0.05) is 18.6 Å². The molecule has 2 heterocycles. The SMILES string of the molecule is Cc1cnc(Cc2nc(C)ncc2C)nc1. The second-order valence-electron chi connectivity index (χ2n) is 3.90. The summed E-state index contributed by atoms with van der Waals surface area (Å²) >= 11 is 0. The zero-order valence-electron chi connectivity index (χ0n) is 9.73. The first-order valence-electron chi connectivity index (χ1n) is 5.22. The van der Waals surface area contributed by atoms with Crippen LogP contribution in [0.3, 0.4) is 0 Å². The van der Waals surface area contributed by atoms with Crippen molar-refractivity contribution in [3.63, 3.8) is 0 Å². The average Bonchev–Trinajstić information content (AvgIpc) is 2.27. The molecule has 0 saturated carbocycles. The van der Waals surface area contributed by atoms with Gasteiger partial charge in [-0.2, -0.15) is 0 Å². The van der Waals surface area contributed by atoms with Crippen molar-refractivity contribution < 1.29 is 0 Å². The summed E-state index contributed by atoms with van der Waals surface area (Å²) in [6, 6.07) is 0. The Morgan fingerprint density at radius 1 is 0.938 bits per heavy atom. The molecule has 16 heavy (non-hydrogen) atoms. The summed E-state index contributed by atoms with van der Waals surface area (Å²) in [5, 5.41) is 0. The Balaban J connectivity index is 2.26. The number of hydrogen-bond acceptors (Lipinski definition) is 4. The van der Waals surface area contributed by atoms with Gasteiger partial charge in [0.05, 0.1) is 12.1 Å². The van der Waals surface area contributed by atoms with E-state index in [9.17, 15) is 0 Å². The lowest BCUT2D eigenvalue weighted by molar-refractivity contribution is 0.884. The Labute approximate surface area is 94.8 Å². The minimum atomic E-state index is 0.662. The quantitative estimate of drug-likeness (QED) is 0.764. The molecule has 0 radical (unpaired) electrons. The predicted octanol–water partition coefficient (Wildman–Crippen LogP) is 1.78. The van der Waals surface area contributed by atoms with Gasteiger partial charge in [0.1, 0.15) is 11.6 Å². The van der Waals surface area contributed by atoms with Crippen LogP contribution in [0.4, 0.5) is 0 Å². The number of rotatable bonds is 2. The van der Waals surface area contributed by atoms with Gasteiger partial charge in [-0.15, -0.1) is 0 Å². The van der Waals surface area contributed by atoms with Gasteiger partial charge in [0.2, 0.25) is 0 Å². The molecular formula is C12H14N4. The fraction of sp³-hybridized carbons (Fsp3) is 0.333. The molecule has 0 atom stereocenters. The summed E-state index contributed by atoms with van der Waals surface area (Å²) in [7, 11) is 0. The fourth-order valence-corrected chi connectivity index (χ4v) is 1.42. The highest BCUT2D eigenvalue weighted by Crippen LogP contribution is 2.08. The lowest BCUT2D eigenvalue weighted by Crippen LogP contribution is -2.03. The Hall–Kier alpha value is -1.84. The van der Waals surface area contributed by atoms with Crippen LogP contribution in [0.15, 0.2) is 18.6 Å². The van der Waals surface area contributed by atoms with Gasteiger partial charge in [-0.3, -0.25) is 0 Å². The van der Waals surface area contributed by atoms with Gasteiger partial charge in [-0.1, -0.05) is 0 Å². The fourth-order valence-electron chi connectivity index (χ4n) is 1.42. The van der Waals surface area contributed by atoms with Crippen molar-refractivity contribution in [3.05, 3.63) is 47.1 Å². The highest BCUT2D eigenvalue weighted by molar-refractivity contribution is 5.19. The average molecular weight is 214 g/mol. The highest BCUT2D eigenvalue weighted by atomic mass is 14.9. The minimum absolute atomic E-state index is 0.662. The van der Waals surface area contributed by atoms with E-state index in [0.717, 1.165) is 28.5 Å². The monoisotopic (exact) mass is 214 g/mol. The zero-order valence-corrected chi connectivity index (χ0v) is 9.73. The van der Waals surface area contributed by atoms with E-state index in [-0.39, 0.29) is 0 Å².